The van der Waals surface area contributed by atoms with E-state index in [1.807, 2.05) is 0 Å². The van der Waals surface area contributed by atoms with Gasteiger partial charge < -0.3 is 75.4 Å². The summed E-state index contributed by atoms with van der Waals surface area (Å²) in [6.07, 6.45) is -5.22. The Labute approximate surface area is 535 Å². The lowest BCUT2D eigenvalue weighted by atomic mass is 9.98. The molecule has 12 atom stereocenters. The summed E-state index contributed by atoms with van der Waals surface area (Å²) < 4.78 is 18.1. The Kier molecular flexibility index (Phi) is 21.5. The van der Waals surface area contributed by atoms with Crippen molar-refractivity contribution in [3.63, 3.8) is 0 Å². The number of aromatic nitrogens is 1. The molecule has 5 aliphatic heterocycles. The zero-order chi connectivity index (χ0) is 68.7. The second kappa shape index (κ2) is 28.0. The number of hydrogen-bond donors (Lipinski definition) is 6. The molecule has 0 radical (unpaired) electrons. The van der Waals surface area contributed by atoms with Gasteiger partial charge in [-0.1, -0.05) is 47.6 Å². The van der Waals surface area contributed by atoms with Crippen LogP contribution in [0.3, 0.4) is 0 Å². The maximum atomic E-state index is 15.2. The largest absolute Gasteiger partial charge is 0.458 e. The van der Waals surface area contributed by atoms with Gasteiger partial charge in [0.15, 0.2) is 17.1 Å². The molecule has 1 aromatic carbocycles. The monoisotopic (exact) mass is 1300 g/mol. The van der Waals surface area contributed by atoms with Crippen molar-refractivity contribution >= 4 is 105 Å². The summed E-state index contributed by atoms with van der Waals surface area (Å²) in [6.45, 7) is 14.9. The van der Waals surface area contributed by atoms with Gasteiger partial charge >= 0.3 is 11.9 Å². The molecule has 7 N–H and O–H groups in total. The molecule has 500 valence electrons. The minimum Gasteiger partial charge on any atom is -0.458 e. The number of halogens is 1. The number of aliphatic hydroxyl groups excluding tert-OH is 1. The Bertz CT molecular complexity index is 3560. The van der Waals surface area contributed by atoms with Crippen molar-refractivity contribution in [2.75, 3.05) is 59.4 Å². The fourth-order valence-electron chi connectivity index (χ4n) is 11.9. The van der Waals surface area contributed by atoms with E-state index in [0.717, 1.165) is 29.4 Å². The van der Waals surface area contributed by atoms with E-state index in [9.17, 15) is 62.6 Å². The van der Waals surface area contributed by atoms with Crippen LogP contribution in [-0.2, 0) is 62.2 Å². The number of esters is 2. The van der Waals surface area contributed by atoms with Gasteiger partial charge in [-0.2, -0.15) is 0 Å². The Balaban J connectivity index is 1.33. The maximum Gasteiger partial charge on any atom is 0.329 e. The summed E-state index contributed by atoms with van der Waals surface area (Å²) in [5.74, 6) is -15.3. The van der Waals surface area contributed by atoms with E-state index < -0.39 is 222 Å². The Hall–Kier alpha value is -8.80. The lowest BCUT2D eigenvalue weighted by molar-refractivity contribution is -0.163. The molecule has 0 bridgehead atoms. The maximum absolute atomic E-state index is 15.2. The van der Waals surface area contributed by atoms with Gasteiger partial charge in [-0.15, -0.1) is 11.6 Å². The minimum absolute atomic E-state index is 0.0325. The number of likely N-dealkylation sites (N-methyl/N-ethyl adjacent to an activating group) is 4. The van der Waals surface area contributed by atoms with Crippen LogP contribution in [0.1, 0.15) is 107 Å². The minimum atomic E-state index is -2.08. The molecule has 1 aliphatic carbocycles. The van der Waals surface area contributed by atoms with Crippen molar-refractivity contribution in [2.45, 2.75) is 162 Å². The molecule has 0 saturated carbocycles. The normalized spacial score (nSPS) is 27.5. The number of nitrogens with two attached hydrogens (primary N) is 1. The average molecular weight is 1310 g/mol. The van der Waals surface area contributed by atoms with Crippen molar-refractivity contribution in [1.82, 2.24) is 55.7 Å². The second-order valence-corrected chi connectivity index (χ2v) is 25.5. The van der Waals surface area contributed by atoms with Gasteiger partial charge in [0, 0.05) is 46.2 Å². The first-order valence-electron chi connectivity index (χ1n) is 30.1. The number of aryl methyl sites for hydroxylation is 1. The number of ether oxygens (including phenoxy) is 2. The summed E-state index contributed by atoms with van der Waals surface area (Å²) in [4.78, 5) is 211. The second-order valence-electron chi connectivity index (χ2n) is 25.2. The molecule has 1 aromatic rings. The van der Waals surface area contributed by atoms with E-state index in [2.05, 4.69) is 21.3 Å². The number of nitrogens with zero attached hydrogens (tertiary/aromatic N) is 7. The third kappa shape index (κ3) is 13.8. The first kappa shape index (κ1) is 70.7. The van der Waals surface area contributed by atoms with Crippen LogP contribution in [-0.4, -0.2) is 243 Å². The molecule has 7 rings (SSSR count). The number of rotatable bonds is 8. The van der Waals surface area contributed by atoms with E-state index in [4.69, 9.17) is 36.2 Å². The summed E-state index contributed by atoms with van der Waals surface area (Å²) in [7, 11) is 5.16. The lowest BCUT2D eigenvalue weighted by Crippen LogP contribution is -2.62. The highest BCUT2D eigenvalue weighted by molar-refractivity contribution is 6.19. The molecule has 10 amide bonds. The zero-order valence-corrected chi connectivity index (χ0v) is 54.8. The van der Waals surface area contributed by atoms with Crippen LogP contribution in [0.5, 0.6) is 0 Å². The molecule has 5 heterocycles. The molecule has 12 unspecified atom stereocenters. The van der Waals surface area contributed by atoms with Crippen LogP contribution in [0, 0.1) is 31.6 Å². The van der Waals surface area contributed by atoms with Crippen LogP contribution in [0.15, 0.2) is 21.3 Å². The van der Waals surface area contributed by atoms with E-state index in [1.54, 1.807) is 55.4 Å². The van der Waals surface area contributed by atoms with Crippen molar-refractivity contribution < 1.29 is 81.3 Å². The molecule has 6 aliphatic rings. The molecule has 92 heavy (non-hydrogen) atoms. The molecule has 0 spiro atoms. The van der Waals surface area contributed by atoms with Crippen molar-refractivity contribution in [1.29, 1.82) is 0 Å². The number of Topliss-reactive ketones (excluding diaryl/α,β-unsaturated/α-hetero) is 1. The highest BCUT2D eigenvalue weighted by Crippen LogP contribution is 2.36. The van der Waals surface area contributed by atoms with Crippen molar-refractivity contribution in [3.8, 4) is 11.5 Å². The Morgan fingerprint density at radius 3 is 1.88 bits per heavy atom. The number of nitrogens with one attached hydrogen (secondary N) is 4. The summed E-state index contributed by atoms with van der Waals surface area (Å²) >= 11 is 6.47. The molecule has 31 heteroatoms. The van der Waals surface area contributed by atoms with Gasteiger partial charge in [-0.3, -0.25) is 57.5 Å². The van der Waals surface area contributed by atoms with Gasteiger partial charge in [0.2, 0.25) is 52.7 Å². The van der Waals surface area contributed by atoms with Crippen molar-refractivity contribution in [3.05, 3.63) is 44.6 Å². The lowest BCUT2D eigenvalue weighted by Gasteiger charge is -2.37. The number of fused-ring (bicyclic) bond motifs is 4. The van der Waals surface area contributed by atoms with Gasteiger partial charge in [-0.05, 0) is 70.4 Å². The SMILES string of the molecule is Cc1c2oc3c(C)ccc(C(=O)NC4C(=O)NC(C(C)C)C(=O)N5C(C)CC(O)C5C(=O)N(C)CC(=O)N(C)C(C(C)C)C(=O)OC4C)c3nc-2c(C(=O)NC2C(=O)NC(C(C)C)C(=O)N3CC(=O)CC3C(=O)N(C)CC(=O)N(C)C(C)C(=O)OC2CCl)c(N)c1=O. The fourth-order valence-corrected chi connectivity index (χ4v) is 12.1. The number of ketones is 1. The van der Waals surface area contributed by atoms with Crippen LogP contribution in [0.4, 0.5) is 5.69 Å². The van der Waals surface area contributed by atoms with Crippen LogP contribution >= 0.6 is 11.6 Å². The first-order chi connectivity index (χ1) is 42.9. The number of carbonyl (C=O) groups excluding carboxylic acids is 13. The van der Waals surface area contributed by atoms with E-state index in [0.29, 0.717) is 5.56 Å². The molecular formula is C61H81ClN12O18. The van der Waals surface area contributed by atoms with Gasteiger partial charge in [0.05, 0.1) is 48.4 Å². The number of hydrogen-bond acceptors (Lipinski definition) is 20. The molecule has 4 fully saturated rings. The number of carbonyl (C=O) groups is 13. The van der Waals surface area contributed by atoms with E-state index in [1.165, 1.54) is 61.1 Å². The summed E-state index contributed by atoms with van der Waals surface area (Å²) in [5.41, 5.74) is 2.91. The molecular weight excluding hydrogens is 1220 g/mol. The first-order valence-corrected chi connectivity index (χ1v) is 30.7. The van der Waals surface area contributed by atoms with E-state index >= 15 is 9.59 Å². The van der Waals surface area contributed by atoms with Gasteiger partial charge in [0.1, 0.15) is 71.8 Å². The summed E-state index contributed by atoms with van der Waals surface area (Å²) in [5, 5.41) is 21.6. The standard InChI is InChI=1S/C61H81ClN12O18/c1-24(2)41-57(85)73-21-32(75)19-34(73)56(84)69(12)22-37(77)71(14)30(10)60(88)91-36(20-62)45(55(83)65-41)68-53(81)39-40(63)49(79)29(9)51-46(39)64-44-33(17-16-27(7)50(44)92-51)52(80)67-43-31(11)90-61(89)47(26(5)6)72(15)38(78)23-70(13)59(87)48-35(76)18-28(8)74(48)58(86)42(25(3)4)66-54(43)82/h16-17,24-26,28,30-31,34-36,41-43,45,47-48,76H,18-23,63H2,1-15H3,(H,65,83)(H,66,82)(H,67,80)(H,68,81). The number of benzene rings is 2. The third-order valence-corrected chi connectivity index (χ3v) is 17.8. The predicted molar refractivity (Wildman–Crippen MR) is 328 cm³/mol. The number of anilines is 1. The van der Waals surface area contributed by atoms with E-state index in [-0.39, 0.29) is 34.4 Å². The molecule has 0 aromatic heterocycles. The Morgan fingerprint density at radius 1 is 0.728 bits per heavy atom. The highest BCUT2D eigenvalue weighted by atomic mass is 35.5. The fraction of sp³-hybridized carbons (Fsp3) is 0.590. The predicted octanol–water partition coefficient (Wildman–Crippen LogP) is -1.15. The number of aliphatic hydroxyl groups is 1. The van der Waals surface area contributed by atoms with Gasteiger partial charge in [0.25, 0.3) is 11.8 Å². The molecule has 30 nitrogen and oxygen atoms in total. The number of alkyl halides is 1. The zero-order valence-electron chi connectivity index (χ0n) is 54.0. The topological polar surface area (TPSA) is 397 Å². The van der Waals surface area contributed by atoms with Gasteiger partial charge in [-0.25, -0.2) is 14.6 Å². The average Bonchev–Trinajstić information content (AvgIpc) is 0.937. The molecule has 4 saturated heterocycles. The smallest absolute Gasteiger partial charge is 0.329 e. The van der Waals surface area contributed by atoms with Crippen LogP contribution in [0.2, 0.25) is 0 Å². The third-order valence-electron chi connectivity index (χ3n) is 17.5. The number of amides is 10. The Morgan fingerprint density at radius 2 is 1.29 bits per heavy atom. The quantitative estimate of drug-likeness (QED) is 0.0671. The van der Waals surface area contributed by atoms with Crippen LogP contribution in [0.25, 0.3) is 22.6 Å². The van der Waals surface area contributed by atoms with Crippen molar-refractivity contribution in [2.24, 2.45) is 17.8 Å². The number of nitrogen functional groups attached to an aromatic ring is 1. The highest BCUT2D eigenvalue weighted by Gasteiger charge is 2.51. The summed E-state index contributed by atoms with van der Waals surface area (Å²) in [6, 6.07) is -10.5. The number of cyclic esters (lactones) is 2. The van der Waals surface area contributed by atoms with Crippen LogP contribution < -0.4 is 32.4 Å².